The second kappa shape index (κ2) is 4.57. The smallest absolute Gasteiger partial charge is 0.0336 e. The fourth-order valence-corrected chi connectivity index (χ4v) is 2.38. The van der Waals surface area contributed by atoms with Crippen molar-refractivity contribution in [3.05, 3.63) is 34.9 Å². The summed E-state index contributed by atoms with van der Waals surface area (Å²) >= 11 is 6.10. The number of rotatable bonds is 3. The molecule has 0 heterocycles. The molecule has 0 fully saturated rings. The SMILES string of the molecule is CC(Cl)C(C)Cc1ccc2c(c1)CCC2. The maximum absolute atomic E-state index is 6.10. The molecule has 0 spiro atoms. The second-order valence-corrected chi connectivity index (χ2v) is 5.50. The van der Waals surface area contributed by atoms with Crippen molar-refractivity contribution in [1.29, 1.82) is 0 Å². The average Bonchev–Trinajstić information content (AvgIpc) is 2.64. The van der Waals surface area contributed by atoms with E-state index in [-0.39, 0.29) is 5.38 Å². The van der Waals surface area contributed by atoms with Crippen molar-refractivity contribution < 1.29 is 0 Å². The maximum atomic E-state index is 6.10. The van der Waals surface area contributed by atoms with Crippen molar-refractivity contribution in [2.75, 3.05) is 0 Å². The number of benzene rings is 1. The predicted molar refractivity (Wildman–Crippen MR) is 66.7 cm³/mol. The molecule has 0 radical (unpaired) electrons. The van der Waals surface area contributed by atoms with Crippen LogP contribution in [0.3, 0.4) is 0 Å². The lowest BCUT2D eigenvalue weighted by atomic mass is 9.96. The molecule has 2 unspecified atom stereocenters. The third-order valence-electron chi connectivity index (χ3n) is 3.50. The minimum atomic E-state index is 0.262. The highest BCUT2D eigenvalue weighted by Crippen LogP contribution is 2.24. The van der Waals surface area contributed by atoms with Gasteiger partial charge in [-0.15, -0.1) is 11.6 Å². The first-order valence-corrected chi connectivity index (χ1v) is 6.35. The molecule has 82 valence electrons. The van der Waals surface area contributed by atoms with E-state index < -0.39 is 0 Å². The molecule has 0 aromatic heterocycles. The number of halogens is 1. The summed E-state index contributed by atoms with van der Waals surface area (Å²) in [7, 11) is 0. The van der Waals surface area contributed by atoms with Crippen molar-refractivity contribution >= 4 is 11.6 Å². The monoisotopic (exact) mass is 222 g/mol. The molecule has 1 aliphatic rings. The Morgan fingerprint density at radius 2 is 1.93 bits per heavy atom. The van der Waals surface area contributed by atoms with Crippen LogP contribution in [-0.4, -0.2) is 5.38 Å². The van der Waals surface area contributed by atoms with E-state index >= 15 is 0 Å². The van der Waals surface area contributed by atoms with Crippen LogP contribution in [0.2, 0.25) is 0 Å². The number of hydrogen-bond donors (Lipinski definition) is 0. The van der Waals surface area contributed by atoms with Gasteiger partial charge < -0.3 is 0 Å². The lowest BCUT2D eigenvalue weighted by Crippen LogP contribution is -2.10. The number of hydrogen-bond acceptors (Lipinski definition) is 0. The van der Waals surface area contributed by atoms with Crippen LogP contribution in [0.15, 0.2) is 18.2 Å². The average molecular weight is 223 g/mol. The first kappa shape index (κ1) is 11.0. The Labute approximate surface area is 97.6 Å². The van der Waals surface area contributed by atoms with Crippen LogP contribution in [0.25, 0.3) is 0 Å². The highest BCUT2D eigenvalue weighted by atomic mass is 35.5. The largest absolute Gasteiger partial charge is 0.123 e. The van der Waals surface area contributed by atoms with Gasteiger partial charge in [-0.2, -0.15) is 0 Å². The Morgan fingerprint density at radius 1 is 1.20 bits per heavy atom. The molecular formula is C14H19Cl. The molecule has 0 bridgehead atoms. The molecule has 0 amide bonds. The third-order valence-corrected chi connectivity index (χ3v) is 3.93. The van der Waals surface area contributed by atoms with Gasteiger partial charge >= 0.3 is 0 Å². The molecule has 1 aliphatic carbocycles. The quantitative estimate of drug-likeness (QED) is 0.679. The molecule has 1 aromatic carbocycles. The van der Waals surface area contributed by atoms with Gasteiger partial charge in [0.05, 0.1) is 0 Å². The summed E-state index contributed by atoms with van der Waals surface area (Å²) < 4.78 is 0. The first-order valence-electron chi connectivity index (χ1n) is 5.91. The van der Waals surface area contributed by atoms with Gasteiger partial charge in [0.15, 0.2) is 0 Å². The van der Waals surface area contributed by atoms with E-state index in [1.807, 2.05) is 0 Å². The molecule has 1 heteroatoms. The first-order chi connectivity index (χ1) is 7.16. The number of alkyl halides is 1. The van der Waals surface area contributed by atoms with Crippen molar-refractivity contribution in [2.24, 2.45) is 5.92 Å². The highest BCUT2D eigenvalue weighted by molar-refractivity contribution is 6.20. The standard InChI is InChI=1S/C14H19Cl/c1-10(11(2)15)8-12-6-7-13-4-3-5-14(13)9-12/h6-7,9-11H,3-5,8H2,1-2H3. The van der Waals surface area contributed by atoms with E-state index in [0.717, 1.165) is 6.42 Å². The van der Waals surface area contributed by atoms with Gasteiger partial charge in [-0.3, -0.25) is 0 Å². The lowest BCUT2D eigenvalue weighted by Gasteiger charge is -2.14. The molecule has 1 aromatic rings. The third kappa shape index (κ3) is 2.55. The van der Waals surface area contributed by atoms with E-state index in [2.05, 4.69) is 32.0 Å². The van der Waals surface area contributed by atoms with E-state index in [1.165, 1.54) is 24.8 Å². The van der Waals surface area contributed by atoms with Gasteiger partial charge in [-0.1, -0.05) is 25.1 Å². The van der Waals surface area contributed by atoms with Crippen LogP contribution in [0.4, 0.5) is 0 Å². The van der Waals surface area contributed by atoms with E-state index in [1.54, 1.807) is 11.1 Å². The molecule has 0 saturated heterocycles. The van der Waals surface area contributed by atoms with E-state index in [9.17, 15) is 0 Å². The summed E-state index contributed by atoms with van der Waals surface area (Å²) in [5, 5.41) is 0.262. The van der Waals surface area contributed by atoms with Crippen LogP contribution in [-0.2, 0) is 19.3 Å². The summed E-state index contributed by atoms with van der Waals surface area (Å²) in [6.45, 7) is 4.31. The normalized spacial score (nSPS) is 18.6. The van der Waals surface area contributed by atoms with Crippen LogP contribution in [0.1, 0.15) is 37.0 Å². The maximum Gasteiger partial charge on any atom is 0.0336 e. The predicted octanol–water partition coefficient (Wildman–Crippen LogP) is 3.98. The van der Waals surface area contributed by atoms with Gasteiger partial charge in [0.1, 0.15) is 0 Å². The minimum Gasteiger partial charge on any atom is -0.123 e. The summed E-state index contributed by atoms with van der Waals surface area (Å²) in [4.78, 5) is 0. The van der Waals surface area contributed by atoms with Gasteiger partial charge in [-0.05, 0) is 55.2 Å². The van der Waals surface area contributed by atoms with E-state index in [0.29, 0.717) is 5.92 Å². The van der Waals surface area contributed by atoms with Crippen molar-refractivity contribution in [3.8, 4) is 0 Å². The number of fused-ring (bicyclic) bond motifs is 1. The Balaban J connectivity index is 2.10. The van der Waals surface area contributed by atoms with Crippen LogP contribution in [0.5, 0.6) is 0 Å². The molecule has 2 rings (SSSR count). The van der Waals surface area contributed by atoms with Crippen molar-refractivity contribution in [2.45, 2.75) is 44.9 Å². The summed E-state index contributed by atoms with van der Waals surface area (Å²) in [6, 6.07) is 6.97. The number of aryl methyl sites for hydroxylation is 2. The second-order valence-electron chi connectivity index (χ2n) is 4.82. The van der Waals surface area contributed by atoms with Crippen LogP contribution >= 0.6 is 11.6 Å². The van der Waals surface area contributed by atoms with Gasteiger partial charge in [0.25, 0.3) is 0 Å². The highest BCUT2D eigenvalue weighted by Gasteiger charge is 2.13. The molecule has 0 aliphatic heterocycles. The zero-order valence-electron chi connectivity index (χ0n) is 9.59. The zero-order valence-corrected chi connectivity index (χ0v) is 10.3. The topological polar surface area (TPSA) is 0 Å². The zero-order chi connectivity index (χ0) is 10.8. The van der Waals surface area contributed by atoms with Crippen LogP contribution < -0.4 is 0 Å². The van der Waals surface area contributed by atoms with Gasteiger partial charge in [0, 0.05) is 5.38 Å². The molecule has 15 heavy (non-hydrogen) atoms. The molecule has 2 atom stereocenters. The molecule has 0 N–H and O–H groups in total. The van der Waals surface area contributed by atoms with Crippen molar-refractivity contribution in [3.63, 3.8) is 0 Å². The fraction of sp³-hybridized carbons (Fsp3) is 0.571. The lowest BCUT2D eigenvalue weighted by molar-refractivity contribution is 0.568. The molecular weight excluding hydrogens is 204 g/mol. The summed E-state index contributed by atoms with van der Waals surface area (Å²) in [5.74, 6) is 0.561. The fourth-order valence-electron chi connectivity index (χ4n) is 2.29. The van der Waals surface area contributed by atoms with Gasteiger partial charge in [0.2, 0.25) is 0 Å². The summed E-state index contributed by atoms with van der Waals surface area (Å²) in [5.41, 5.74) is 4.59. The Morgan fingerprint density at radius 3 is 2.67 bits per heavy atom. The molecule has 0 saturated carbocycles. The summed E-state index contributed by atoms with van der Waals surface area (Å²) in [6.07, 6.45) is 4.99. The van der Waals surface area contributed by atoms with Crippen LogP contribution in [0, 0.1) is 5.92 Å². The Bertz CT molecular complexity index is 341. The minimum absolute atomic E-state index is 0.262. The van der Waals surface area contributed by atoms with Gasteiger partial charge in [-0.25, -0.2) is 0 Å². The van der Waals surface area contributed by atoms with E-state index in [4.69, 9.17) is 11.6 Å². The molecule has 0 nitrogen and oxygen atoms in total. The Hall–Kier alpha value is -0.490. The van der Waals surface area contributed by atoms with Crippen molar-refractivity contribution in [1.82, 2.24) is 0 Å². The Kier molecular flexibility index (Phi) is 3.35.